The van der Waals surface area contributed by atoms with Crippen molar-refractivity contribution in [1.82, 2.24) is 20.1 Å². The van der Waals surface area contributed by atoms with Crippen LogP contribution in [0.15, 0.2) is 49.2 Å². The molecule has 0 unspecified atom stereocenters. The number of fused-ring (bicyclic) bond motifs is 2. The van der Waals surface area contributed by atoms with Crippen molar-refractivity contribution in [1.29, 1.82) is 0 Å². The maximum Gasteiger partial charge on any atom is 0.245 e. The van der Waals surface area contributed by atoms with E-state index in [0.717, 1.165) is 33.8 Å². The summed E-state index contributed by atoms with van der Waals surface area (Å²) < 4.78 is 22.0. The summed E-state index contributed by atoms with van der Waals surface area (Å²) in [4.78, 5) is 20.6. The monoisotopic (exact) mass is 471 g/mol. The van der Waals surface area contributed by atoms with Crippen LogP contribution < -0.4 is 9.64 Å². The number of aromatic nitrogens is 3. The molecule has 0 bridgehead atoms. The number of halogens is 1. The third-order valence-corrected chi connectivity index (χ3v) is 7.48. The molecule has 2 aromatic heterocycles. The minimum Gasteiger partial charge on any atom is -0.497 e. The van der Waals surface area contributed by atoms with E-state index in [-0.39, 0.29) is 17.1 Å². The van der Waals surface area contributed by atoms with Crippen LogP contribution in [0.5, 0.6) is 5.75 Å². The average molecular weight is 472 g/mol. The van der Waals surface area contributed by atoms with Gasteiger partial charge in [-0.25, -0.2) is 9.37 Å². The number of hydrogen-bond acceptors (Lipinski definition) is 5. The van der Waals surface area contributed by atoms with Crippen molar-refractivity contribution in [3.63, 3.8) is 0 Å². The summed E-state index contributed by atoms with van der Waals surface area (Å²) in [6, 6.07) is 9.50. The van der Waals surface area contributed by atoms with E-state index >= 15 is 4.39 Å². The number of amides is 1. The van der Waals surface area contributed by atoms with Gasteiger partial charge in [0.15, 0.2) is 11.6 Å². The van der Waals surface area contributed by atoms with Crippen LogP contribution in [0.3, 0.4) is 0 Å². The molecule has 1 spiro atoms. The standard InChI is InChI=1S/C27H26FN5O2/c1-4-22(34)33-14-27(15-33)9-10-32(13-27)26-25(28)24(18-7-6-17(35-3)11-21(18)30-26)23-16(2)5-8-20-19(23)12-29-31-20/h4-8,11-12H,1,9-10,13-15H2,2-3H3,(H,29,31). The van der Waals surface area contributed by atoms with Gasteiger partial charge >= 0.3 is 0 Å². The lowest BCUT2D eigenvalue weighted by molar-refractivity contribution is -0.136. The highest BCUT2D eigenvalue weighted by atomic mass is 19.1. The molecule has 0 atom stereocenters. The predicted octanol–water partition coefficient (Wildman–Crippen LogP) is 4.46. The highest BCUT2D eigenvalue weighted by Gasteiger charge is 2.49. The average Bonchev–Trinajstić information content (AvgIpc) is 3.50. The summed E-state index contributed by atoms with van der Waals surface area (Å²) in [5.41, 5.74) is 3.79. The number of hydrogen-bond donors (Lipinski definition) is 1. The largest absolute Gasteiger partial charge is 0.497 e. The number of carbonyl (C=O) groups is 1. The van der Waals surface area contributed by atoms with Crippen molar-refractivity contribution >= 4 is 33.5 Å². The molecule has 1 N–H and O–H groups in total. The van der Waals surface area contributed by atoms with Crippen molar-refractivity contribution in [3.05, 3.63) is 60.6 Å². The predicted molar refractivity (Wildman–Crippen MR) is 134 cm³/mol. The first kappa shape index (κ1) is 21.6. The fraction of sp³-hybridized carbons (Fsp3) is 0.296. The number of H-pyrrole nitrogens is 1. The maximum absolute atomic E-state index is 16.5. The molecule has 4 aromatic rings. The lowest BCUT2D eigenvalue weighted by Crippen LogP contribution is -2.59. The number of benzene rings is 2. The molecule has 7 nitrogen and oxygen atoms in total. The molecule has 35 heavy (non-hydrogen) atoms. The van der Waals surface area contributed by atoms with E-state index in [1.165, 1.54) is 6.08 Å². The van der Waals surface area contributed by atoms with Gasteiger partial charge in [0.05, 0.1) is 24.3 Å². The van der Waals surface area contributed by atoms with Gasteiger partial charge in [-0.15, -0.1) is 0 Å². The Morgan fingerprint density at radius 1 is 1.20 bits per heavy atom. The molecule has 0 radical (unpaired) electrons. The smallest absolute Gasteiger partial charge is 0.245 e. The van der Waals surface area contributed by atoms with Crippen LogP contribution in [0.1, 0.15) is 12.0 Å². The second-order valence-electron chi connectivity index (χ2n) is 9.67. The number of anilines is 1. The SMILES string of the molecule is C=CC(=O)N1CC2(CCN(c3nc4cc(OC)ccc4c(-c4c(C)ccc5[nH]ncc45)c3F)C2)C1. The molecule has 2 saturated heterocycles. The molecule has 1 amide bonds. The van der Waals surface area contributed by atoms with Crippen LogP contribution in [0.4, 0.5) is 10.2 Å². The lowest BCUT2D eigenvalue weighted by Gasteiger charge is -2.47. The topological polar surface area (TPSA) is 74.3 Å². The quantitative estimate of drug-likeness (QED) is 0.445. The van der Waals surface area contributed by atoms with Crippen LogP contribution in [-0.4, -0.2) is 59.3 Å². The van der Waals surface area contributed by atoms with Crippen molar-refractivity contribution in [2.24, 2.45) is 5.41 Å². The molecular formula is C27H26FN5O2. The molecule has 4 heterocycles. The molecule has 2 aromatic carbocycles. The minimum absolute atomic E-state index is 0.0310. The summed E-state index contributed by atoms with van der Waals surface area (Å²) in [6.45, 7) is 8.24. The number of likely N-dealkylation sites (tertiary alicyclic amines) is 1. The molecule has 2 aliphatic heterocycles. The Labute approximate surface area is 202 Å². The number of methoxy groups -OCH3 is 1. The Balaban J connectivity index is 1.50. The molecule has 2 aliphatic rings. The third kappa shape index (κ3) is 3.27. The second kappa shape index (κ2) is 7.80. The first-order valence-corrected chi connectivity index (χ1v) is 11.7. The van der Waals surface area contributed by atoms with Gasteiger partial charge in [0.25, 0.3) is 0 Å². The highest BCUT2D eigenvalue weighted by Crippen LogP contribution is 2.45. The normalized spacial score (nSPS) is 16.8. The number of aryl methyl sites for hydroxylation is 1. The summed E-state index contributed by atoms with van der Waals surface area (Å²) in [5.74, 6) is 0.616. The second-order valence-corrected chi connectivity index (χ2v) is 9.67. The molecule has 0 saturated carbocycles. The van der Waals surface area contributed by atoms with E-state index in [1.807, 2.05) is 42.2 Å². The number of pyridine rings is 1. The van der Waals surface area contributed by atoms with Crippen LogP contribution in [0.2, 0.25) is 0 Å². The summed E-state index contributed by atoms with van der Waals surface area (Å²) in [5, 5.41) is 8.79. The first-order valence-electron chi connectivity index (χ1n) is 11.7. The van der Waals surface area contributed by atoms with Gasteiger partial charge in [-0.1, -0.05) is 12.6 Å². The minimum atomic E-state index is -0.338. The molecule has 178 valence electrons. The number of rotatable bonds is 4. The zero-order chi connectivity index (χ0) is 24.3. The number of nitrogens with zero attached hydrogens (tertiary/aromatic N) is 4. The fourth-order valence-corrected chi connectivity index (χ4v) is 5.67. The Morgan fingerprint density at radius 3 is 2.80 bits per heavy atom. The van der Waals surface area contributed by atoms with E-state index in [2.05, 4.69) is 16.8 Å². The zero-order valence-electron chi connectivity index (χ0n) is 19.8. The fourth-order valence-electron chi connectivity index (χ4n) is 5.67. The maximum atomic E-state index is 16.5. The molecular weight excluding hydrogens is 445 g/mol. The van der Waals surface area contributed by atoms with Crippen LogP contribution >= 0.6 is 0 Å². The Bertz CT molecular complexity index is 1500. The number of carbonyl (C=O) groups excluding carboxylic acids is 1. The van der Waals surface area contributed by atoms with Gasteiger partial charge in [0, 0.05) is 54.0 Å². The van der Waals surface area contributed by atoms with Crippen LogP contribution in [0, 0.1) is 18.2 Å². The Morgan fingerprint density at radius 2 is 2.03 bits per heavy atom. The lowest BCUT2D eigenvalue weighted by atomic mass is 9.79. The van der Waals surface area contributed by atoms with Crippen molar-refractivity contribution in [2.75, 3.05) is 38.2 Å². The zero-order valence-corrected chi connectivity index (χ0v) is 19.8. The van der Waals surface area contributed by atoms with Crippen molar-refractivity contribution in [2.45, 2.75) is 13.3 Å². The third-order valence-electron chi connectivity index (χ3n) is 7.48. The Kier molecular flexibility index (Phi) is 4.81. The van der Waals surface area contributed by atoms with Gasteiger partial charge in [-0.2, -0.15) is 5.10 Å². The van der Waals surface area contributed by atoms with Gasteiger partial charge < -0.3 is 14.5 Å². The summed E-state index contributed by atoms with van der Waals surface area (Å²) in [6.07, 6.45) is 3.98. The number of nitrogens with one attached hydrogen (secondary N) is 1. The van der Waals surface area contributed by atoms with Gasteiger partial charge in [-0.05, 0) is 48.7 Å². The molecule has 6 rings (SSSR count). The van der Waals surface area contributed by atoms with E-state index in [1.54, 1.807) is 18.2 Å². The van der Waals surface area contributed by atoms with E-state index < -0.39 is 0 Å². The number of ether oxygens (including phenoxy) is 1. The van der Waals surface area contributed by atoms with Gasteiger partial charge in [-0.3, -0.25) is 9.89 Å². The molecule has 2 fully saturated rings. The summed E-state index contributed by atoms with van der Waals surface area (Å²) in [7, 11) is 1.61. The number of aromatic amines is 1. The summed E-state index contributed by atoms with van der Waals surface area (Å²) >= 11 is 0. The van der Waals surface area contributed by atoms with E-state index in [9.17, 15) is 4.79 Å². The van der Waals surface area contributed by atoms with E-state index in [4.69, 9.17) is 9.72 Å². The van der Waals surface area contributed by atoms with Gasteiger partial charge in [0.1, 0.15) is 5.75 Å². The van der Waals surface area contributed by atoms with Crippen LogP contribution in [-0.2, 0) is 4.79 Å². The molecule has 0 aliphatic carbocycles. The van der Waals surface area contributed by atoms with Crippen molar-refractivity contribution < 1.29 is 13.9 Å². The van der Waals surface area contributed by atoms with Gasteiger partial charge in [0.2, 0.25) is 5.91 Å². The molecule has 8 heteroatoms. The Hall–Kier alpha value is -3.94. The first-order chi connectivity index (χ1) is 16.9. The highest BCUT2D eigenvalue weighted by molar-refractivity contribution is 6.06. The van der Waals surface area contributed by atoms with Crippen molar-refractivity contribution in [3.8, 4) is 16.9 Å². The van der Waals surface area contributed by atoms with Crippen LogP contribution in [0.25, 0.3) is 32.9 Å². The van der Waals surface area contributed by atoms with E-state index in [0.29, 0.717) is 48.8 Å².